The van der Waals surface area contributed by atoms with Gasteiger partial charge in [-0.1, -0.05) is 32.9 Å². The maximum atomic E-state index is 12.8. The van der Waals surface area contributed by atoms with E-state index in [1.165, 1.54) is 0 Å². The fourth-order valence-corrected chi connectivity index (χ4v) is 3.65. The number of nitrogens with zero attached hydrogens (tertiary/aromatic N) is 1. The van der Waals surface area contributed by atoms with E-state index in [-0.39, 0.29) is 29.2 Å². The summed E-state index contributed by atoms with van der Waals surface area (Å²) < 4.78 is 5.69. The number of carbonyl (C=O) groups excluding carboxylic acids is 2. The summed E-state index contributed by atoms with van der Waals surface area (Å²) >= 11 is 1.60. The van der Waals surface area contributed by atoms with Crippen molar-refractivity contribution in [3.05, 3.63) is 29.3 Å². The van der Waals surface area contributed by atoms with Crippen LogP contribution in [0.4, 0.5) is 5.69 Å². The van der Waals surface area contributed by atoms with Crippen LogP contribution < -0.4 is 5.32 Å². The summed E-state index contributed by atoms with van der Waals surface area (Å²) in [5.41, 5.74) is 2.97. The molecule has 1 fully saturated rings. The topological polar surface area (TPSA) is 58.6 Å². The Kier molecular flexibility index (Phi) is 7.74. The third-order valence-electron chi connectivity index (χ3n) is 4.64. The highest BCUT2D eigenvalue weighted by molar-refractivity contribution is 8.01. The summed E-state index contributed by atoms with van der Waals surface area (Å²) in [7, 11) is 0. The van der Waals surface area contributed by atoms with Crippen molar-refractivity contribution in [1.82, 2.24) is 4.90 Å². The van der Waals surface area contributed by atoms with Gasteiger partial charge in [-0.25, -0.2) is 0 Å². The monoisotopic (exact) mass is 392 g/mol. The van der Waals surface area contributed by atoms with Gasteiger partial charge in [0.1, 0.15) is 0 Å². The summed E-state index contributed by atoms with van der Waals surface area (Å²) in [5.74, 6) is 0.185. The molecule has 5 nitrogen and oxygen atoms in total. The fourth-order valence-electron chi connectivity index (χ4n) is 2.91. The Morgan fingerprint density at radius 1 is 1.30 bits per heavy atom. The van der Waals surface area contributed by atoms with Crippen molar-refractivity contribution in [2.24, 2.45) is 0 Å². The molecule has 0 aromatic heterocycles. The van der Waals surface area contributed by atoms with E-state index >= 15 is 0 Å². The van der Waals surface area contributed by atoms with Crippen molar-refractivity contribution in [1.29, 1.82) is 0 Å². The molecule has 0 radical (unpaired) electrons. The van der Waals surface area contributed by atoms with Crippen molar-refractivity contribution < 1.29 is 14.3 Å². The molecule has 2 rings (SSSR count). The molecule has 1 aliphatic heterocycles. The molecule has 2 amide bonds. The number of nitrogens with one attached hydrogen (secondary N) is 1. The predicted octanol–water partition coefficient (Wildman–Crippen LogP) is 3.78. The van der Waals surface area contributed by atoms with E-state index in [1.807, 2.05) is 32.0 Å². The Hall–Kier alpha value is -1.53. The zero-order valence-electron chi connectivity index (χ0n) is 17.1. The average Bonchev–Trinajstić information content (AvgIpc) is 3.08. The molecule has 0 saturated carbocycles. The van der Waals surface area contributed by atoms with E-state index in [1.54, 1.807) is 16.7 Å². The second kappa shape index (κ2) is 9.60. The first-order valence-corrected chi connectivity index (χ1v) is 10.5. The Labute approximate surface area is 167 Å². The van der Waals surface area contributed by atoms with Gasteiger partial charge in [0.15, 0.2) is 0 Å². The summed E-state index contributed by atoms with van der Waals surface area (Å²) in [5, 5.41) is 2.95. The second-order valence-electron chi connectivity index (χ2n) is 8.11. The molecular formula is C21H32N2O3S. The van der Waals surface area contributed by atoms with Crippen molar-refractivity contribution in [3.63, 3.8) is 0 Å². The van der Waals surface area contributed by atoms with Crippen LogP contribution in [0, 0.1) is 13.8 Å². The van der Waals surface area contributed by atoms with Crippen LogP contribution in [0.15, 0.2) is 18.2 Å². The van der Waals surface area contributed by atoms with Crippen molar-refractivity contribution in [2.45, 2.75) is 58.3 Å². The molecule has 6 heteroatoms. The number of rotatable bonds is 7. The highest BCUT2D eigenvalue weighted by Gasteiger charge is 2.25. The van der Waals surface area contributed by atoms with Gasteiger partial charge in [-0.05, 0) is 43.9 Å². The molecule has 1 atom stereocenters. The van der Waals surface area contributed by atoms with Crippen molar-refractivity contribution in [2.75, 3.05) is 30.8 Å². The molecule has 1 aromatic carbocycles. The first kappa shape index (κ1) is 21.8. The molecule has 1 aliphatic rings. The number of hydrogen-bond acceptors (Lipinski definition) is 4. The standard InChI is InChI=1S/C21H32N2O3S/c1-15-8-6-10-18(16(15)2)22-19(24)13-23(12-17-9-7-11-26-17)20(25)14-27-21(3,4)5/h6,8,10,17H,7,9,11-14H2,1-5H3,(H,22,24). The number of aryl methyl sites for hydroxylation is 1. The molecule has 1 heterocycles. The lowest BCUT2D eigenvalue weighted by atomic mass is 10.1. The normalized spacial score (nSPS) is 17.0. The Morgan fingerprint density at radius 3 is 2.67 bits per heavy atom. The van der Waals surface area contributed by atoms with Crippen LogP contribution in [-0.2, 0) is 14.3 Å². The summed E-state index contributed by atoms with van der Waals surface area (Å²) in [6.45, 7) is 11.5. The summed E-state index contributed by atoms with van der Waals surface area (Å²) in [4.78, 5) is 27.0. The molecule has 27 heavy (non-hydrogen) atoms. The van der Waals surface area contributed by atoms with Crippen LogP contribution in [0.5, 0.6) is 0 Å². The van der Waals surface area contributed by atoms with Gasteiger partial charge >= 0.3 is 0 Å². The molecule has 1 aromatic rings. The van der Waals surface area contributed by atoms with Gasteiger partial charge in [0.05, 0.1) is 18.4 Å². The van der Waals surface area contributed by atoms with Gasteiger partial charge in [-0.2, -0.15) is 0 Å². The Balaban J connectivity index is 2.01. The third kappa shape index (κ3) is 7.18. The van der Waals surface area contributed by atoms with Crippen LogP contribution in [0.2, 0.25) is 0 Å². The predicted molar refractivity (Wildman–Crippen MR) is 112 cm³/mol. The number of thioether (sulfide) groups is 1. The quantitative estimate of drug-likeness (QED) is 0.767. The molecule has 1 saturated heterocycles. The number of benzene rings is 1. The van der Waals surface area contributed by atoms with Crippen LogP contribution >= 0.6 is 11.8 Å². The summed E-state index contributed by atoms with van der Waals surface area (Å²) in [6, 6.07) is 5.83. The largest absolute Gasteiger partial charge is 0.376 e. The minimum atomic E-state index is -0.171. The molecule has 150 valence electrons. The first-order chi connectivity index (χ1) is 12.7. The number of anilines is 1. The number of amides is 2. The van der Waals surface area contributed by atoms with Gasteiger partial charge in [0.2, 0.25) is 11.8 Å². The lowest BCUT2D eigenvalue weighted by molar-refractivity contribution is -0.133. The lowest BCUT2D eigenvalue weighted by Gasteiger charge is -2.26. The minimum Gasteiger partial charge on any atom is -0.376 e. The van der Waals surface area contributed by atoms with Crippen LogP contribution in [0.3, 0.4) is 0 Å². The highest BCUT2D eigenvalue weighted by Crippen LogP contribution is 2.24. The van der Waals surface area contributed by atoms with E-state index in [0.29, 0.717) is 12.3 Å². The lowest BCUT2D eigenvalue weighted by Crippen LogP contribution is -2.43. The van der Waals surface area contributed by atoms with E-state index in [2.05, 4.69) is 26.1 Å². The van der Waals surface area contributed by atoms with Crippen LogP contribution in [-0.4, -0.2) is 53.0 Å². The van der Waals surface area contributed by atoms with E-state index in [9.17, 15) is 9.59 Å². The number of ether oxygens (including phenoxy) is 1. The van der Waals surface area contributed by atoms with Gasteiger partial charge in [-0.15, -0.1) is 11.8 Å². The van der Waals surface area contributed by atoms with E-state index in [0.717, 1.165) is 36.3 Å². The second-order valence-corrected chi connectivity index (χ2v) is 9.91. The molecule has 1 unspecified atom stereocenters. The molecule has 1 N–H and O–H groups in total. The molecule has 0 bridgehead atoms. The van der Waals surface area contributed by atoms with Crippen molar-refractivity contribution in [3.8, 4) is 0 Å². The zero-order chi connectivity index (χ0) is 20.0. The minimum absolute atomic E-state index is 0.00608. The van der Waals surface area contributed by atoms with Gasteiger partial charge in [0, 0.05) is 23.6 Å². The maximum absolute atomic E-state index is 12.8. The first-order valence-electron chi connectivity index (χ1n) is 9.55. The summed E-state index contributed by atoms with van der Waals surface area (Å²) in [6.07, 6.45) is 1.98. The zero-order valence-corrected chi connectivity index (χ0v) is 17.9. The van der Waals surface area contributed by atoms with Crippen LogP contribution in [0.25, 0.3) is 0 Å². The fraction of sp³-hybridized carbons (Fsp3) is 0.619. The average molecular weight is 393 g/mol. The molecule has 0 aliphatic carbocycles. The highest BCUT2D eigenvalue weighted by atomic mass is 32.2. The SMILES string of the molecule is Cc1cccc(NC(=O)CN(CC2CCCO2)C(=O)CSC(C)(C)C)c1C. The van der Waals surface area contributed by atoms with Gasteiger partial charge in [-0.3, -0.25) is 9.59 Å². The third-order valence-corrected chi connectivity index (χ3v) is 5.90. The molecule has 0 spiro atoms. The Morgan fingerprint density at radius 2 is 2.04 bits per heavy atom. The van der Waals surface area contributed by atoms with Crippen LogP contribution in [0.1, 0.15) is 44.7 Å². The van der Waals surface area contributed by atoms with Crippen molar-refractivity contribution >= 4 is 29.3 Å². The van der Waals surface area contributed by atoms with Gasteiger partial charge in [0.25, 0.3) is 0 Å². The smallest absolute Gasteiger partial charge is 0.244 e. The molecular weight excluding hydrogens is 360 g/mol. The van der Waals surface area contributed by atoms with E-state index < -0.39 is 0 Å². The maximum Gasteiger partial charge on any atom is 0.244 e. The Bertz CT molecular complexity index is 664. The number of hydrogen-bond donors (Lipinski definition) is 1. The van der Waals surface area contributed by atoms with Gasteiger partial charge < -0.3 is 15.0 Å². The van der Waals surface area contributed by atoms with E-state index in [4.69, 9.17) is 4.74 Å². The number of carbonyl (C=O) groups is 2.